The number of carbonyl (C=O) groups is 2. The highest BCUT2D eigenvalue weighted by atomic mass is 35.5. The van der Waals surface area contributed by atoms with Crippen LogP contribution >= 0.6 is 11.6 Å². The molecular formula is C13H15ClFNO3. The molecule has 1 rings (SSSR count). The summed E-state index contributed by atoms with van der Waals surface area (Å²) in [6.45, 7) is 0.364. The van der Waals surface area contributed by atoms with Gasteiger partial charge in [0.15, 0.2) is 0 Å². The summed E-state index contributed by atoms with van der Waals surface area (Å²) >= 11 is 5.76. The lowest BCUT2D eigenvalue weighted by Crippen LogP contribution is -2.25. The number of hydrogen-bond acceptors (Lipinski definition) is 2. The fourth-order valence-corrected chi connectivity index (χ4v) is 1.83. The fraction of sp³-hybridized carbons (Fsp3) is 0.385. The van der Waals surface area contributed by atoms with E-state index in [0.717, 1.165) is 0 Å². The second kappa shape index (κ2) is 7.74. The van der Waals surface area contributed by atoms with Gasteiger partial charge in [-0.3, -0.25) is 9.59 Å². The average molecular weight is 288 g/mol. The maximum absolute atomic E-state index is 13.4. The molecule has 0 unspecified atom stereocenters. The summed E-state index contributed by atoms with van der Waals surface area (Å²) in [7, 11) is 0. The van der Waals surface area contributed by atoms with E-state index in [1.165, 1.54) is 18.2 Å². The maximum Gasteiger partial charge on any atom is 0.303 e. The number of unbranched alkanes of at least 4 members (excludes halogenated alkanes) is 2. The van der Waals surface area contributed by atoms with Gasteiger partial charge in [0.25, 0.3) is 5.91 Å². The molecule has 0 aliphatic rings. The third-order valence-corrected chi connectivity index (χ3v) is 2.86. The Bertz CT molecular complexity index is 445. The van der Waals surface area contributed by atoms with Gasteiger partial charge in [-0.05, 0) is 25.0 Å². The summed E-state index contributed by atoms with van der Waals surface area (Å²) in [5.41, 5.74) is -0.158. The van der Waals surface area contributed by atoms with Gasteiger partial charge < -0.3 is 10.4 Å². The average Bonchev–Trinajstić information content (AvgIpc) is 2.33. The lowest BCUT2D eigenvalue weighted by atomic mass is 10.1. The van der Waals surface area contributed by atoms with Crippen LogP contribution in [0.3, 0.4) is 0 Å². The molecule has 0 saturated heterocycles. The van der Waals surface area contributed by atoms with Crippen LogP contribution in [0, 0.1) is 5.82 Å². The van der Waals surface area contributed by atoms with E-state index >= 15 is 0 Å². The van der Waals surface area contributed by atoms with Crippen molar-refractivity contribution in [2.24, 2.45) is 0 Å². The maximum atomic E-state index is 13.4. The van der Waals surface area contributed by atoms with Gasteiger partial charge in [-0.25, -0.2) is 4.39 Å². The van der Waals surface area contributed by atoms with Crippen molar-refractivity contribution in [2.45, 2.75) is 25.7 Å². The predicted molar refractivity (Wildman–Crippen MR) is 69.8 cm³/mol. The lowest BCUT2D eigenvalue weighted by molar-refractivity contribution is -0.137. The van der Waals surface area contributed by atoms with Crippen LogP contribution in [0.1, 0.15) is 36.0 Å². The molecule has 2 N–H and O–H groups in total. The minimum Gasteiger partial charge on any atom is -0.481 e. The number of carboxylic acid groups (broad SMARTS) is 1. The van der Waals surface area contributed by atoms with Crippen molar-refractivity contribution in [3.8, 4) is 0 Å². The molecule has 0 heterocycles. The molecule has 0 aromatic heterocycles. The van der Waals surface area contributed by atoms with Gasteiger partial charge in [0.2, 0.25) is 0 Å². The van der Waals surface area contributed by atoms with Gasteiger partial charge in [0.05, 0.1) is 10.6 Å². The Morgan fingerprint density at radius 3 is 2.63 bits per heavy atom. The van der Waals surface area contributed by atoms with Crippen LogP contribution in [0.15, 0.2) is 18.2 Å². The first-order valence-corrected chi connectivity index (χ1v) is 6.34. The van der Waals surface area contributed by atoms with Crippen LogP contribution in [0.4, 0.5) is 4.39 Å². The van der Waals surface area contributed by atoms with Crippen LogP contribution < -0.4 is 5.32 Å². The summed E-state index contributed by atoms with van der Waals surface area (Å²) < 4.78 is 13.4. The summed E-state index contributed by atoms with van der Waals surface area (Å²) in [5.74, 6) is -2.04. The zero-order valence-corrected chi connectivity index (χ0v) is 11.0. The highest BCUT2D eigenvalue weighted by Crippen LogP contribution is 2.18. The molecule has 4 nitrogen and oxygen atoms in total. The Morgan fingerprint density at radius 1 is 1.26 bits per heavy atom. The quantitative estimate of drug-likeness (QED) is 0.758. The van der Waals surface area contributed by atoms with Crippen molar-refractivity contribution in [1.82, 2.24) is 5.32 Å². The second-order valence-electron chi connectivity index (χ2n) is 4.06. The van der Waals surface area contributed by atoms with Crippen LogP contribution in [-0.4, -0.2) is 23.5 Å². The first-order valence-electron chi connectivity index (χ1n) is 5.96. The Kier molecular flexibility index (Phi) is 6.29. The van der Waals surface area contributed by atoms with Gasteiger partial charge >= 0.3 is 5.97 Å². The zero-order valence-electron chi connectivity index (χ0n) is 10.3. The Morgan fingerprint density at radius 2 is 2.00 bits per heavy atom. The van der Waals surface area contributed by atoms with E-state index in [0.29, 0.717) is 25.8 Å². The number of carboxylic acids is 1. The van der Waals surface area contributed by atoms with Gasteiger partial charge in [-0.15, -0.1) is 0 Å². The predicted octanol–water partition coefficient (Wildman–Crippen LogP) is 2.85. The number of amides is 1. The molecule has 0 atom stereocenters. The van der Waals surface area contributed by atoms with Gasteiger partial charge in [0.1, 0.15) is 5.82 Å². The number of benzene rings is 1. The van der Waals surface area contributed by atoms with Crippen molar-refractivity contribution in [2.75, 3.05) is 6.54 Å². The topological polar surface area (TPSA) is 66.4 Å². The van der Waals surface area contributed by atoms with Gasteiger partial charge in [-0.1, -0.05) is 24.1 Å². The molecule has 0 spiro atoms. The molecule has 0 saturated carbocycles. The van der Waals surface area contributed by atoms with Crippen molar-refractivity contribution < 1.29 is 19.1 Å². The Hall–Kier alpha value is -1.62. The number of carbonyl (C=O) groups excluding carboxylic acids is 1. The first-order chi connectivity index (χ1) is 9.02. The number of halogens is 2. The van der Waals surface area contributed by atoms with Crippen LogP contribution in [-0.2, 0) is 4.79 Å². The molecule has 0 bridgehead atoms. The molecule has 0 radical (unpaired) electrons. The van der Waals surface area contributed by atoms with E-state index in [1.54, 1.807) is 0 Å². The monoisotopic (exact) mass is 287 g/mol. The van der Waals surface area contributed by atoms with E-state index in [9.17, 15) is 14.0 Å². The number of aliphatic carboxylic acids is 1. The molecule has 19 heavy (non-hydrogen) atoms. The summed E-state index contributed by atoms with van der Waals surface area (Å²) in [6, 6.07) is 4.06. The van der Waals surface area contributed by atoms with E-state index in [1.807, 2.05) is 0 Å². The van der Waals surface area contributed by atoms with E-state index < -0.39 is 17.7 Å². The lowest BCUT2D eigenvalue weighted by Gasteiger charge is -2.07. The highest BCUT2D eigenvalue weighted by molar-refractivity contribution is 6.33. The standard InChI is InChI=1S/C13H15ClFNO3/c14-9-5-4-6-10(15)12(9)13(19)16-8-3-1-2-7-11(17)18/h4-6H,1-3,7-8H2,(H,16,19)(H,17,18). The number of rotatable bonds is 7. The third-order valence-electron chi connectivity index (χ3n) is 2.54. The number of nitrogens with one attached hydrogen (secondary N) is 1. The molecule has 1 amide bonds. The largest absolute Gasteiger partial charge is 0.481 e. The fourth-order valence-electron chi connectivity index (χ4n) is 1.58. The minimum absolute atomic E-state index is 0.0726. The second-order valence-corrected chi connectivity index (χ2v) is 4.46. The molecule has 1 aromatic rings. The summed E-state index contributed by atoms with van der Waals surface area (Å²) in [6.07, 6.45) is 2.02. The van der Waals surface area contributed by atoms with Crippen LogP contribution in [0.25, 0.3) is 0 Å². The normalized spacial score (nSPS) is 10.2. The van der Waals surface area contributed by atoms with Gasteiger partial charge in [0, 0.05) is 13.0 Å². The smallest absolute Gasteiger partial charge is 0.303 e. The third kappa shape index (κ3) is 5.26. The molecular weight excluding hydrogens is 273 g/mol. The zero-order chi connectivity index (χ0) is 14.3. The van der Waals surface area contributed by atoms with Crippen molar-refractivity contribution in [3.05, 3.63) is 34.6 Å². The SMILES string of the molecule is O=C(O)CCCCCNC(=O)c1c(F)cccc1Cl. The van der Waals surface area contributed by atoms with E-state index in [2.05, 4.69) is 5.32 Å². The molecule has 0 aliphatic heterocycles. The van der Waals surface area contributed by atoms with E-state index in [-0.39, 0.29) is 17.0 Å². The van der Waals surface area contributed by atoms with Crippen LogP contribution in [0.2, 0.25) is 5.02 Å². The summed E-state index contributed by atoms with van der Waals surface area (Å²) in [5, 5.41) is 11.1. The highest BCUT2D eigenvalue weighted by Gasteiger charge is 2.14. The molecule has 104 valence electrons. The van der Waals surface area contributed by atoms with E-state index in [4.69, 9.17) is 16.7 Å². The van der Waals surface area contributed by atoms with Gasteiger partial charge in [-0.2, -0.15) is 0 Å². The molecule has 0 aliphatic carbocycles. The summed E-state index contributed by atoms with van der Waals surface area (Å²) in [4.78, 5) is 22.0. The van der Waals surface area contributed by atoms with Crippen molar-refractivity contribution in [3.63, 3.8) is 0 Å². The number of hydrogen-bond donors (Lipinski definition) is 2. The Balaban J connectivity index is 2.34. The minimum atomic E-state index is -0.831. The molecule has 0 fully saturated rings. The van der Waals surface area contributed by atoms with Crippen molar-refractivity contribution >= 4 is 23.5 Å². The van der Waals surface area contributed by atoms with Crippen LogP contribution in [0.5, 0.6) is 0 Å². The molecule has 6 heteroatoms. The molecule has 1 aromatic carbocycles. The first kappa shape index (κ1) is 15.4. The van der Waals surface area contributed by atoms with Crippen molar-refractivity contribution in [1.29, 1.82) is 0 Å². The Labute approximate surface area is 115 Å².